The third-order valence-corrected chi connectivity index (χ3v) is 5.64. The zero-order chi connectivity index (χ0) is 19.2. The number of carbonyl (C=O) groups is 1. The van der Waals surface area contributed by atoms with Crippen molar-refractivity contribution in [3.05, 3.63) is 71.0 Å². The maximum absolute atomic E-state index is 13.1. The number of nitrogens with zero attached hydrogens (tertiary/aromatic N) is 1. The molecule has 1 aliphatic carbocycles. The number of hydrogen-bond donors (Lipinski definition) is 1. The quantitative estimate of drug-likeness (QED) is 0.807. The summed E-state index contributed by atoms with van der Waals surface area (Å²) in [4.78, 5) is 14.2. The molecule has 0 saturated heterocycles. The second kappa shape index (κ2) is 9.14. The Morgan fingerprint density at radius 1 is 1.00 bits per heavy atom. The van der Waals surface area contributed by atoms with Gasteiger partial charge in [0.1, 0.15) is 5.82 Å². The SMILES string of the molecule is CNCc1ccc(C2CCC(N(Cc3ccc(F)cc3)C(C)=O)CC2)cc1. The zero-order valence-corrected chi connectivity index (χ0v) is 16.2. The average Bonchev–Trinajstić information content (AvgIpc) is 2.68. The summed E-state index contributed by atoms with van der Waals surface area (Å²) in [5, 5.41) is 3.18. The average molecular weight is 368 g/mol. The van der Waals surface area contributed by atoms with Gasteiger partial charge in [0.15, 0.2) is 0 Å². The first-order valence-corrected chi connectivity index (χ1v) is 9.82. The molecule has 3 rings (SSSR count). The number of hydrogen-bond acceptors (Lipinski definition) is 2. The zero-order valence-electron chi connectivity index (χ0n) is 16.2. The Morgan fingerprint density at radius 3 is 2.15 bits per heavy atom. The summed E-state index contributed by atoms with van der Waals surface area (Å²) in [6.45, 7) is 3.09. The summed E-state index contributed by atoms with van der Waals surface area (Å²) in [5.41, 5.74) is 3.69. The van der Waals surface area contributed by atoms with Crippen LogP contribution in [0.4, 0.5) is 4.39 Å². The van der Waals surface area contributed by atoms with E-state index >= 15 is 0 Å². The lowest BCUT2D eigenvalue weighted by atomic mass is 9.81. The summed E-state index contributed by atoms with van der Waals surface area (Å²) < 4.78 is 13.1. The molecular formula is C23H29FN2O. The van der Waals surface area contributed by atoms with Gasteiger partial charge in [0.05, 0.1) is 0 Å². The number of carbonyl (C=O) groups excluding carboxylic acids is 1. The van der Waals surface area contributed by atoms with Crippen molar-refractivity contribution >= 4 is 5.91 Å². The van der Waals surface area contributed by atoms with Crippen LogP contribution in [0.25, 0.3) is 0 Å². The number of rotatable bonds is 6. The van der Waals surface area contributed by atoms with Gasteiger partial charge in [-0.3, -0.25) is 4.79 Å². The van der Waals surface area contributed by atoms with Crippen molar-refractivity contribution in [2.24, 2.45) is 0 Å². The van der Waals surface area contributed by atoms with Crippen LogP contribution in [0, 0.1) is 5.82 Å². The van der Waals surface area contributed by atoms with Gasteiger partial charge >= 0.3 is 0 Å². The first kappa shape index (κ1) is 19.6. The molecular weight excluding hydrogens is 339 g/mol. The van der Waals surface area contributed by atoms with E-state index in [1.165, 1.54) is 23.3 Å². The minimum Gasteiger partial charge on any atom is -0.336 e. The lowest BCUT2D eigenvalue weighted by Gasteiger charge is -2.37. The number of halogens is 1. The van der Waals surface area contributed by atoms with Crippen molar-refractivity contribution in [3.63, 3.8) is 0 Å². The molecule has 0 aliphatic heterocycles. The molecule has 0 heterocycles. The molecule has 144 valence electrons. The minimum atomic E-state index is -0.241. The molecule has 1 aliphatic rings. The van der Waals surface area contributed by atoms with Gasteiger partial charge in [-0.25, -0.2) is 4.39 Å². The standard InChI is InChI=1S/C23H29FN2O/c1-17(27)26(16-19-5-11-22(24)12-6-19)23-13-9-21(10-14-23)20-7-3-18(4-8-20)15-25-2/h3-8,11-12,21,23,25H,9-10,13-16H2,1-2H3. The fourth-order valence-corrected chi connectivity index (χ4v) is 4.12. The van der Waals surface area contributed by atoms with Crippen molar-refractivity contribution in [3.8, 4) is 0 Å². The first-order valence-electron chi connectivity index (χ1n) is 9.82. The van der Waals surface area contributed by atoms with Crippen LogP contribution in [0.3, 0.4) is 0 Å². The van der Waals surface area contributed by atoms with Crippen LogP contribution >= 0.6 is 0 Å². The molecule has 1 fully saturated rings. The van der Waals surface area contributed by atoms with Crippen LogP contribution in [0.15, 0.2) is 48.5 Å². The first-order chi connectivity index (χ1) is 13.1. The lowest BCUT2D eigenvalue weighted by Crippen LogP contribution is -2.40. The number of nitrogens with one attached hydrogen (secondary N) is 1. The van der Waals surface area contributed by atoms with Crippen LogP contribution < -0.4 is 5.32 Å². The van der Waals surface area contributed by atoms with Gasteiger partial charge < -0.3 is 10.2 Å². The topological polar surface area (TPSA) is 32.3 Å². The highest BCUT2D eigenvalue weighted by atomic mass is 19.1. The minimum absolute atomic E-state index is 0.0965. The van der Waals surface area contributed by atoms with Crippen molar-refractivity contribution in [1.29, 1.82) is 0 Å². The molecule has 1 N–H and O–H groups in total. The van der Waals surface area contributed by atoms with E-state index in [4.69, 9.17) is 0 Å². The third kappa shape index (κ3) is 5.16. The molecule has 3 nitrogen and oxygen atoms in total. The molecule has 0 bridgehead atoms. The van der Waals surface area contributed by atoms with Gasteiger partial charge in [-0.2, -0.15) is 0 Å². The molecule has 0 spiro atoms. The van der Waals surface area contributed by atoms with E-state index in [-0.39, 0.29) is 17.8 Å². The Morgan fingerprint density at radius 2 is 1.59 bits per heavy atom. The monoisotopic (exact) mass is 368 g/mol. The Hall–Kier alpha value is -2.20. The van der Waals surface area contributed by atoms with Crippen LogP contribution in [-0.2, 0) is 17.9 Å². The molecule has 1 saturated carbocycles. The second-order valence-electron chi connectivity index (χ2n) is 7.55. The van der Waals surface area contributed by atoms with Gasteiger partial charge in [0.25, 0.3) is 0 Å². The smallest absolute Gasteiger partial charge is 0.219 e. The molecule has 4 heteroatoms. The highest BCUT2D eigenvalue weighted by Crippen LogP contribution is 2.35. The third-order valence-electron chi connectivity index (χ3n) is 5.64. The summed E-state index contributed by atoms with van der Waals surface area (Å²) in [7, 11) is 1.96. The van der Waals surface area contributed by atoms with E-state index in [0.29, 0.717) is 12.5 Å². The molecule has 1 amide bonds. The molecule has 27 heavy (non-hydrogen) atoms. The van der Waals surface area contributed by atoms with E-state index in [1.807, 2.05) is 11.9 Å². The maximum Gasteiger partial charge on any atom is 0.219 e. The fraction of sp³-hybridized carbons (Fsp3) is 0.435. The highest BCUT2D eigenvalue weighted by molar-refractivity contribution is 5.73. The second-order valence-corrected chi connectivity index (χ2v) is 7.55. The van der Waals surface area contributed by atoms with Crippen LogP contribution in [0.2, 0.25) is 0 Å². The Kier molecular flexibility index (Phi) is 6.62. The molecule has 0 atom stereocenters. The Labute approximate surface area is 161 Å². The van der Waals surface area contributed by atoms with Gasteiger partial charge in [-0.15, -0.1) is 0 Å². The maximum atomic E-state index is 13.1. The van der Waals surface area contributed by atoms with Crippen molar-refractivity contribution < 1.29 is 9.18 Å². The van der Waals surface area contributed by atoms with Gasteiger partial charge in [-0.1, -0.05) is 36.4 Å². The molecule has 0 aromatic heterocycles. The lowest BCUT2D eigenvalue weighted by molar-refractivity contribution is -0.132. The summed E-state index contributed by atoms with van der Waals surface area (Å²) >= 11 is 0. The van der Waals surface area contributed by atoms with E-state index < -0.39 is 0 Å². The Balaban J connectivity index is 1.60. The van der Waals surface area contributed by atoms with Crippen LogP contribution in [0.5, 0.6) is 0 Å². The van der Waals surface area contributed by atoms with Gasteiger partial charge in [0.2, 0.25) is 5.91 Å². The van der Waals surface area contributed by atoms with Crippen LogP contribution in [0.1, 0.15) is 55.2 Å². The molecule has 2 aromatic rings. The van der Waals surface area contributed by atoms with Crippen LogP contribution in [-0.4, -0.2) is 23.9 Å². The van der Waals surface area contributed by atoms with Gasteiger partial charge in [0, 0.05) is 26.1 Å². The predicted octanol–water partition coefficient (Wildman–Crippen LogP) is 4.62. The number of amides is 1. The van der Waals surface area contributed by atoms with Gasteiger partial charge in [-0.05, 0) is 67.5 Å². The van der Waals surface area contributed by atoms with Crippen molar-refractivity contribution in [2.75, 3.05) is 7.05 Å². The summed E-state index contributed by atoms with van der Waals surface area (Å²) in [6.07, 6.45) is 4.24. The molecule has 2 aromatic carbocycles. The van der Waals surface area contributed by atoms with E-state index in [0.717, 1.165) is 37.8 Å². The van der Waals surface area contributed by atoms with Crippen molar-refractivity contribution in [2.45, 2.75) is 57.7 Å². The van der Waals surface area contributed by atoms with Crippen molar-refractivity contribution in [1.82, 2.24) is 10.2 Å². The van der Waals surface area contributed by atoms with E-state index in [1.54, 1.807) is 19.1 Å². The van der Waals surface area contributed by atoms with E-state index in [9.17, 15) is 9.18 Å². The Bertz CT molecular complexity index is 734. The summed E-state index contributed by atoms with van der Waals surface area (Å²) in [5.74, 6) is 0.429. The normalized spacial score (nSPS) is 19.7. The molecule has 0 radical (unpaired) electrons. The predicted molar refractivity (Wildman–Crippen MR) is 107 cm³/mol. The molecule has 0 unspecified atom stereocenters. The number of benzene rings is 2. The summed E-state index contributed by atoms with van der Waals surface area (Å²) in [6, 6.07) is 15.6. The fourth-order valence-electron chi connectivity index (χ4n) is 4.12. The van der Waals surface area contributed by atoms with E-state index in [2.05, 4.69) is 29.6 Å². The highest BCUT2D eigenvalue weighted by Gasteiger charge is 2.28. The largest absolute Gasteiger partial charge is 0.336 e.